The van der Waals surface area contributed by atoms with Crippen LogP contribution in [0.5, 0.6) is 0 Å². The zero-order valence-corrected chi connectivity index (χ0v) is 12.0. The van der Waals surface area contributed by atoms with Gasteiger partial charge in [0.15, 0.2) is 0 Å². The van der Waals surface area contributed by atoms with Gasteiger partial charge in [-0.3, -0.25) is 20.4 Å². The zero-order chi connectivity index (χ0) is 15.4. The van der Waals surface area contributed by atoms with E-state index in [9.17, 15) is 9.59 Å². The topological polar surface area (TPSA) is 70.2 Å². The largest absolute Gasteiger partial charge is 0.355 e. The molecule has 0 spiro atoms. The Morgan fingerprint density at radius 1 is 1.00 bits per heavy atom. The number of carbonyl (C=O) groups is 2. The molecule has 2 aromatic carbocycles. The molecule has 2 amide bonds. The molecule has 1 aliphatic heterocycles. The lowest BCUT2D eigenvalue weighted by Crippen LogP contribution is -2.40. The van der Waals surface area contributed by atoms with E-state index in [1.54, 1.807) is 0 Å². The van der Waals surface area contributed by atoms with Gasteiger partial charge >= 0.3 is 0 Å². The number of para-hydroxylation sites is 1. The van der Waals surface area contributed by atoms with E-state index >= 15 is 0 Å². The summed E-state index contributed by atoms with van der Waals surface area (Å²) in [6.07, 6.45) is 0. The van der Waals surface area contributed by atoms with Gasteiger partial charge in [0.25, 0.3) is 5.91 Å². The van der Waals surface area contributed by atoms with E-state index in [0.717, 1.165) is 11.3 Å². The summed E-state index contributed by atoms with van der Waals surface area (Å²) in [5, 5.41) is 2.77. The number of rotatable bonds is 4. The highest BCUT2D eigenvalue weighted by Gasteiger charge is 2.40. The highest BCUT2D eigenvalue weighted by molar-refractivity contribution is 6.03. The SMILES string of the molecule is O=C1NCC(c2ccccc2)C1C(=O)NNc1ccccc1. The molecule has 0 saturated carbocycles. The highest BCUT2D eigenvalue weighted by Crippen LogP contribution is 2.28. The first kappa shape index (κ1) is 14.1. The Kier molecular flexibility index (Phi) is 4.05. The Morgan fingerprint density at radius 2 is 1.64 bits per heavy atom. The molecule has 1 saturated heterocycles. The summed E-state index contributed by atoms with van der Waals surface area (Å²) in [6, 6.07) is 18.9. The molecular formula is C17H17N3O2. The highest BCUT2D eigenvalue weighted by atomic mass is 16.2. The predicted molar refractivity (Wildman–Crippen MR) is 83.9 cm³/mol. The molecule has 5 heteroatoms. The van der Waals surface area contributed by atoms with Crippen molar-refractivity contribution in [2.45, 2.75) is 5.92 Å². The number of hydrazine groups is 1. The monoisotopic (exact) mass is 295 g/mol. The lowest BCUT2D eigenvalue weighted by atomic mass is 9.88. The van der Waals surface area contributed by atoms with Gasteiger partial charge in [-0.1, -0.05) is 48.5 Å². The third-order valence-electron chi connectivity index (χ3n) is 3.80. The number of benzene rings is 2. The molecule has 3 N–H and O–H groups in total. The summed E-state index contributed by atoms with van der Waals surface area (Å²) < 4.78 is 0. The van der Waals surface area contributed by atoms with Crippen molar-refractivity contribution in [3.63, 3.8) is 0 Å². The Hall–Kier alpha value is -2.82. The summed E-state index contributed by atoms with van der Waals surface area (Å²) in [4.78, 5) is 24.4. The maximum Gasteiger partial charge on any atom is 0.251 e. The summed E-state index contributed by atoms with van der Waals surface area (Å²) >= 11 is 0. The normalized spacial score (nSPS) is 20.3. The molecule has 0 aliphatic carbocycles. The first-order valence-electron chi connectivity index (χ1n) is 7.19. The second kappa shape index (κ2) is 6.30. The van der Waals surface area contributed by atoms with Crippen LogP contribution in [0, 0.1) is 5.92 Å². The van der Waals surface area contributed by atoms with Crippen LogP contribution in [0.3, 0.4) is 0 Å². The van der Waals surface area contributed by atoms with Gasteiger partial charge < -0.3 is 5.32 Å². The van der Waals surface area contributed by atoms with Crippen LogP contribution >= 0.6 is 0 Å². The minimum Gasteiger partial charge on any atom is -0.355 e. The number of hydrogen-bond donors (Lipinski definition) is 3. The van der Waals surface area contributed by atoms with Crippen LogP contribution in [0.4, 0.5) is 5.69 Å². The van der Waals surface area contributed by atoms with Crippen molar-refractivity contribution in [3.8, 4) is 0 Å². The second-order valence-electron chi connectivity index (χ2n) is 5.22. The molecule has 0 bridgehead atoms. The zero-order valence-electron chi connectivity index (χ0n) is 12.0. The minimum absolute atomic E-state index is 0.147. The molecule has 1 aliphatic rings. The van der Waals surface area contributed by atoms with Crippen molar-refractivity contribution in [1.82, 2.24) is 10.7 Å². The van der Waals surface area contributed by atoms with E-state index in [1.165, 1.54) is 0 Å². The molecule has 2 atom stereocenters. The Bertz CT molecular complexity index is 658. The molecule has 2 aromatic rings. The maximum absolute atomic E-state index is 12.4. The predicted octanol–water partition coefficient (Wildman–Crippen LogP) is 1.66. The van der Waals surface area contributed by atoms with Crippen molar-refractivity contribution in [2.75, 3.05) is 12.0 Å². The van der Waals surface area contributed by atoms with Crippen LogP contribution in [-0.4, -0.2) is 18.4 Å². The third-order valence-corrected chi connectivity index (χ3v) is 3.80. The number of nitrogens with one attached hydrogen (secondary N) is 3. The summed E-state index contributed by atoms with van der Waals surface area (Å²) in [5.41, 5.74) is 7.21. The van der Waals surface area contributed by atoms with Crippen molar-refractivity contribution in [1.29, 1.82) is 0 Å². The van der Waals surface area contributed by atoms with Crippen molar-refractivity contribution in [3.05, 3.63) is 66.2 Å². The molecule has 2 unspecified atom stereocenters. The Labute approximate surface area is 128 Å². The quantitative estimate of drug-likeness (QED) is 0.593. The van der Waals surface area contributed by atoms with Crippen LogP contribution in [0.15, 0.2) is 60.7 Å². The first-order valence-corrected chi connectivity index (χ1v) is 7.19. The van der Waals surface area contributed by atoms with Crippen LogP contribution < -0.4 is 16.2 Å². The van der Waals surface area contributed by atoms with Gasteiger partial charge in [0, 0.05) is 12.5 Å². The van der Waals surface area contributed by atoms with E-state index in [2.05, 4.69) is 16.2 Å². The average Bonchev–Trinajstić information content (AvgIpc) is 2.96. The van der Waals surface area contributed by atoms with Gasteiger partial charge in [0.1, 0.15) is 5.92 Å². The van der Waals surface area contributed by atoms with Crippen molar-refractivity contribution < 1.29 is 9.59 Å². The minimum atomic E-state index is -0.724. The van der Waals surface area contributed by atoms with Gasteiger partial charge in [-0.25, -0.2) is 0 Å². The summed E-state index contributed by atoms with van der Waals surface area (Å²) in [6.45, 7) is 0.478. The van der Waals surface area contributed by atoms with Gasteiger partial charge in [-0.15, -0.1) is 0 Å². The van der Waals surface area contributed by atoms with Crippen molar-refractivity contribution >= 4 is 17.5 Å². The third kappa shape index (κ3) is 2.93. The molecule has 3 rings (SSSR count). The molecule has 1 fully saturated rings. The second-order valence-corrected chi connectivity index (χ2v) is 5.22. The number of amides is 2. The Balaban J connectivity index is 1.71. The number of carbonyl (C=O) groups excluding carboxylic acids is 2. The lowest BCUT2D eigenvalue weighted by molar-refractivity contribution is -0.133. The average molecular weight is 295 g/mol. The molecule has 112 valence electrons. The van der Waals surface area contributed by atoms with Crippen LogP contribution in [0.25, 0.3) is 0 Å². The standard InChI is InChI=1S/C17H17N3O2/c21-16-15(14(11-18-16)12-7-3-1-4-8-12)17(22)20-19-13-9-5-2-6-10-13/h1-10,14-15,19H,11H2,(H,18,21)(H,20,22). The van der Waals surface area contributed by atoms with E-state index in [4.69, 9.17) is 0 Å². The molecule has 0 radical (unpaired) electrons. The molecule has 5 nitrogen and oxygen atoms in total. The molecule has 1 heterocycles. The van der Waals surface area contributed by atoms with E-state index in [1.807, 2.05) is 60.7 Å². The van der Waals surface area contributed by atoms with E-state index in [-0.39, 0.29) is 17.7 Å². The Morgan fingerprint density at radius 3 is 2.32 bits per heavy atom. The fraction of sp³-hybridized carbons (Fsp3) is 0.176. The first-order chi connectivity index (χ1) is 10.8. The van der Waals surface area contributed by atoms with Gasteiger partial charge in [-0.2, -0.15) is 0 Å². The van der Waals surface area contributed by atoms with Gasteiger partial charge in [0.05, 0.1) is 5.69 Å². The molecule has 22 heavy (non-hydrogen) atoms. The van der Waals surface area contributed by atoms with E-state index in [0.29, 0.717) is 6.54 Å². The summed E-state index contributed by atoms with van der Waals surface area (Å²) in [5.74, 6) is -1.43. The molecule has 0 aromatic heterocycles. The fourth-order valence-corrected chi connectivity index (χ4v) is 2.67. The molecular weight excluding hydrogens is 278 g/mol. The van der Waals surface area contributed by atoms with Gasteiger partial charge in [-0.05, 0) is 17.7 Å². The number of hydrogen-bond acceptors (Lipinski definition) is 3. The fourth-order valence-electron chi connectivity index (χ4n) is 2.67. The van der Waals surface area contributed by atoms with Crippen LogP contribution in [0.1, 0.15) is 11.5 Å². The van der Waals surface area contributed by atoms with E-state index < -0.39 is 5.92 Å². The van der Waals surface area contributed by atoms with Crippen molar-refractivity contribution in [2.24, 2.45) is 5.92 Å². The van der Waals surface area contributed by atoms with Gasteiger partial charge in [0.2, 0.25) is 5.91 Å². The smallest absolute Gasteiger partial charge is 0.251 e. The summed E-state index contributed by atoms with van der Waals surface area (Å²) in [7, 11) is 0. The maximum atomic E-state index is 12.4. The van der Waals surface area contributed by atoms with Crippen LogP contribution in [0.2, 0.25) is 0 Å². The van der Waals surface area contributed by atoms with Crippen LogP contribution in [-0.2, 0) is 9.59 Å². The lowest BCUT2D eigenvalue weighted by Gasteiger charge is -2.17. The number of anilines is 1.